The molecule has 1 heterocycles. The number of carbonyl (C=O) groups excluding carboxylic acids is 3. The lowest BCUT2D eigenvalue weighted by Gasteiger charge is -2.31. The average Bonchev–Trinajstić information content (AvgIpc) is 2.62. The first-order valence-electron chi connectivity index (χ1n) is 8.60. The first-order valence-corrected chi connectivity index (χ1v) is 8.60. The zero-order chi connectivity index (χ0) is 18.1. The number of piperidine rings is 1. The second kappa shape index (κ2) is 9.66. The summed E-state index contributed by atoms with van der Waals surface area (Å²) in [5, 5.41) is 5.53. The van der Waals surface area contributed by atoms with E-state index in [9.17, 15) is 14.4 Å². The first-order chi connectivity index (χ1) is 12.1. The Morgan fingerprint density at radius 2 is 1.80 bits per heavy atom. The summed E-state index contributed by atoms with van der Waals surface area (Å²) in [4.78, 5) is 37.1. The zero-order valence-electron chi connectivity index (χ0n) is 14.5. The molecule has 1 aromatic rings. The molecule has 0 unspecified atom stereocenters. The van der Waals surface area contributed by atoms with Crippen LogP contribution in [0.1, 0.15) is 25.3 Å². The topological polar surface area (TPSA) is 87.7 Å². The second-order valence-electron chi connectivity index (χ2n) is 5.97. The van der Waals surface area contributed by atoms with Gasteiger partial charge in [0, 0.05) is 19.1 Å². The van der Waals surface area contributed by atoms with Crippen LogP contribution in [0.5, 0.6) is 0 Å². The Labute approximate surface area is 147 Å². The fourth-order valence-electron chi connectivity index (χ4n) is 2.72. The number of carbonyl (C=O) groups is 3. The molecule has 136 valence electrons. The standard InChI is InChI=1S/C18H25N3O4/c1-2-25-18(24)21-10-8-15(9-11-21)20-17(23)13-19-16(22)12-14-6-4-3-5-7-14/h3-7,15H,2,8-13H2,1H3,(H,19,22)(H,20,23). The molecule has 25 heavy (non-hydrogen) atoms. The Kier molecular flexibility index (Phi) is 7.25. The smallest absolute Gasteiger partial charge is 0.409 e. The Bertz CT molecular complexity index is 583. The van der Waals surface area contributed by atoms with Crippen LogP contribution in [0.4, 0.5) is 4.79 Å². The van der Waals surface area contributed by atoms with Gasteiger partial charge < -0.3 is 20.3 Å². The van der Waals surface area contributed by atoms with Crippen LogP contribution in [-0.4, -0.2) is 55.1 Å². The van der Waals surface area contributed by atoms with Crippen molar-refractivity contribution in [2.45, 2.75) is 32.2 Å². The van der Waals surface area contributed by atoms with E-state index in [1.807, 2.05) is 30.3 Å². The third-order valence-corrected chi connectivity index (χ3v) is 4.04. The molecule has 0 aliphatic carbocycles. The van der Waals surface area contributed by atoms with Crippen molar-refractivity contribution in [1.82, 2.24) is 15.5 Å². The molecule has 0 atom stereocenters. The minimum absolute atomic E-state index is 0.0178. The van der Waals surface area contributed by atoms with Gasteiger partial charge in [-0.25, -0.2) is 4.79 Å². The summed E-state index contributed by atoms with van der Waals surface area (Å²) in [6, 6.07) is 9.40. The van der Waals surface area contributed by atoms with Crippen LogP contribution in [-0.2, 0) is 20.7 Å². The van der Waals surface area contributed by atoms with Crippen molar-refractivity contribution in [3.05, 3.63) is 35.9 Å². The lowest BCUT2D eigenvalue weighted by Crippen LogP contribution is -2.48. The number of hydrogen-bond acceptors (Lipinski definition) is 4. The Balaban J connectivity index is 1.64. The highest BCUT2D eigenvalue weighted by Gasteiger charge is 2.24. The molecule has 1 saturated heterocycles. The molecule has 0 bridgehead atoms. The van der Waals surface area contributed by atoms with Gasteiger partial charge in [-0.15, -0.1) is 0 Å². The third kappa shape index (κ3) is 6.45. The van der Waals surface area contributed by atoms with E-state index in [1.165, 1.54) is 0 Å². The van der Waals surface area contributed by atoms with E-state index in [4.69, 9.17) is 4.74 Å². The lowest BCUT2D eigenvalue weighted by atomic mass is 10.1. The van der Waals surface area contributed by atoms with Gasteiger partial charge in [-0.2, -0.15) is 0 Å². The minimum atomic E-state index is -0.305. The summed E-state index contributed by atoms with van der Waals surface area (Å²) in [6.07, 6.45) is 1.32. The van der Waals surface area contributed by atoms with Crippen LogP contribution < -0.4 is 10.6 Å². The Morgan fingerprint density at radius 1 is 1.12 bits per heavy atom. The molecule has 1 fully saturated rings. The van der Waals surface area contributed by atoms with Gasteiger partial charge in [0.05, 0.1) is 19.6 Å². The second-order valence-corrected chi connectivity index (χ2v) is 5.97. The van der Waals surface area contributed by atoms with Crippen LogP contribution in [0.3, 0.4) is 0 Å². The molecule has 3 amide bonds. The number of hydrogen-bond donors (Lipinski definition) is 2. The summed E-state index contributed by atoms with van der Waals surface area (Å²) in [7, 11) is 0. The largest absolute Gasteiger partial charge is 0.450 e. The number of nitrogens with zero attached hydrogens (tertiary/aromatic N) is 1. The molecule has 2 rings (SSSR count). The SMILES string of the molecule is CCOC(=O)N1CCC(NC(=O)CNC(=O)Cc2ccccc2)CC1. The van der Waals surface area contributed by atoms with Gasteiger partial charge in [0.15, 0.2) is 0 Å². The molecule has 0 spiro atoms. The molecule has 7 heteroatoms. The van der Waals surface area contributed by atoms with Crippen molar-refractivity contribution in [3.63, 3.8) is 0 Å². The van der Waals surface area contributed by atoms with E-state index in [1.54, 1.807) is 11.8 Å². The maximum absolute atomic E-state index is 12.0. The minimum Gasteiger partial charge on any atom is -0.450 e. The van der Waals surface area contributed by atoms with Gasteiger partial charge in [-0.1, -0.05) is 30.3 Å². The van der Waals surface area contributed by atoms with Crippen LogP contribution in [0.2, 0.25) is 0 Å². The van der Waals surface area contributed by atoms with Gasteiger partial charge in [-0.05, 0) is 25.3 Å². The van der Waals surface area contributed by atoms with Gasteiger partial charge in [0.1, 0.15) is 0 Å². The van der Waals surface area contributed by atoms with E-state index >= 15 is 0 Å². The number of benzene rings is 1. The highest BCUT2D eigenvalue weighted by molar-refractivity contribution is 5.85. The highest BCUT2D eigenvalue weighted by Crippen LogP contribution is 2.11. The Morgan fingerprint density at radius 3 is 2.44 bits per heavy atom. The van der Waals surface area contributed by atoms with Gasteiger partial charge in [0.2, 0.25) is 11.8 Å². The maximum atomic E-state index is 12.0. The quantitative estimate of drug-likeness (QED) is 0.806. The molecule has 1 aliphatic rings. The normalized spacial score (nSPS) is 14.7. The maximum Gasteiger partial charge on any atom is 0.409 e. The number of nitrogens with one attached hydrogen (secondary N) is 2. The van der Waals surface area contributed by atoms with Gasteiger partial charge in [0.25, 0.3) is 0 Å². The third-order valence-electron chi connectivity index (χ3n) is 4.04. The molecule has 0 saturated carbocycles. The monoisotopic (exact) mass is 347 g/mol. The summed E-state index contributed by atoms with van der Waals surface area (Å²) < 4.78 is 4.96. The number of likely N-dealkylation sites (tertiary alicyclic amines) is 1. The van der Waals surface area contributed by atoms with Crippen LogP contribution in [0, 0.1) is 0 Å². The number of amides is 3. The summed E-state index contributed by atoms with van der Waals surface area (Å²) in [5.74, 6) is -0.394. The molecular formula is C18H25N3O4. The fourth-order valence-corrected chi connectivity index (χ4v) is 2.72. The summed E-state index contributed by atoms with van der Waals surface area (Å²) >= 11 is 0. The molecule has 1 aromatic carbocycles. The molecule has 1 aliphatic heterocycles. The zero-order valence-corrected chi connectivity index (χ0v) is 14.5. The molecule has 2 N–H and O–H groups in total. The predicted octanol–water partition coefficient (Wildman–Crippen LogP) is 1.08. The molecule has 0 aromatic heterocycles. The van der Waals surface area contributed by atoms with E-state index in [0.29, 0.717) is 32.5 Å². The fraction of sp³-hybridized carbons (Fsp3) is 0.500. The first kappa shape index (κ1) is 18.8. The van der Waals surface area contributed by atoms with Crippen molar-refractivity contribution in [1.29, 1.82) is 0 Å². The molecule has 0 radical (unpaired) electrons. The number of ether oxygens (including phenoxy) is 1. The average molecular weight is 347 g/mol. The van der Waals surface area contributed by atoms with Crippen LogP contribution >= 0.6 is 0 Å². The predicted molar refractivity (Wildman–Crippen MR) is 92.9 cm³/mol. The van der Waals surface area contributed by atoms with E-state index in [-0.39, 0.29) is 36.9 Å². The highest BCUT2D eigenvalue weighted by atomic mass is 16.6. The van der Waals surface area contributed by atoms with E-state index < -0.39 is 0 Å². The summed E-state index contributed by atoms with van der Waals surface area (Å²) in [5.41, 5.74) is 0.909. The molecule has 7 nitrogen and oxygen atoms in total. The van der Waals surface area contributed by atoms with Crippen molar-refractivity contribution < 1.29 is 19.1 Å². The summed E-state index contributed by atoms with van der Waals surface area (Å²) in [6.45, 7) is 3.22. The van der Waals surface area contributed by atoms with Crippen molar-refractivity contribution >= 4 is 17.9 Å². The van der Waals surface area contributed by atoms with Crippen LogP contribution in [0.25, 0.3) is 0 Å². The van der Waals surface area contributed by atoms with Crippen molar-refractivity contribution in [2.75, 3.05) is 26.2 Å². The Hall–Kier alpha value is -2.57. The van der Waals surface area contributed by atoms with E-state index in [0.717, 1.165) is 5.56 Å². The van der Waals surface area contributed by atoms with E-state index in [2.05, 4.69) is 10.6 Å². The molecular weight excluding hydrogens is 322 g/mol. The lowest BCUT2D eigenvalue weighted by molar-refractivity contribution is -0.126. The van der Waals surface area contributed by atoms with Gasteiger partial charge in [-0.3, -0.25) is 9.59 Å². The van der Waals surface area contributed by atoms with Gasteiger partial charge >= 0.3 is 6.09 Å². The van der Waals surface area contributed by atoms with Crippen LogP contribution in [0.15, 0.2) is 30.3 Å². The van der Waals surface area contributed by atoms with Crippen molar-refractivity contribution in [3.8, 4) is 0 Å². The number of rotatable bonds is 6. The van der Waals surface area contributed by atoms with Crippen molar-refractivity contribution in [2.24, 2.45) is 0 Å².